The summed E-state index contributed by atoms with van der Waals surface area (Å²) in [6.45, 7) is 14.7. The quantitative estimate of drug-likeness (QED) is 0.431. The molecule has 1 nitrogen and oxygen atoms in total. The highest BCUT2D eigenvalue weighted by molar-refractivity contribution is 5.89. The third-order valence-electron chi connectivity index (χ3n) is 10.9. The van der Waals surface area contributed by atoms with E-state index in [2.05, 4.69) is 47.6 Å². The molecule has 0 heterocycles. The molecule has 3 fully saturated rings. The van der Waals surface area contributed by atoms with Crippen molar-refractivity contribution >= 4 is 5.78 Å². The van der Waals surface area contributed by atoms with Crippen LogP contribution in [-0.2, 0) is 4.79 Å². The van der Waals surface area contributed by atoms with Gasteiger partial charge >= 0.3 is 0 Å². The van der Waals surface area contributed by atoms with E-state index in [0.717, 1.165) is 48.3 Å². The summed E-state index contributed by atoms with van der Waals surface area (Å²) in [7, 11) is 0. The van der Waals surface area contributed by atoms with E-state index in [0.29, 0.717) is 17.1 Å². The Bertz CT molecular complexity index is 659. The van der Waals surface area contributed by atoms with Crippen LogP contribution in [0.25, 0.3) is 0 Å². The monoisotopic (exact) mass is 398 g/mol. The predicted molar refractivity (Wildman–Crippen MR) is 123 cm³/mol. The Hall–Kier alpha value is -0.590. The smallest absolute Gasteiger partial charge is 0.143 e. The summed E-state index contributed by atoms with van der Waals surface area (Å²) in [5.41, 5.74) is 1.93. The van der Waals surface area contributed by atoms with Crippen LogP contribution in [0.1, 0.15) is 106 Å². The van der Waals surface area contributed by atoms with E-state index in [9.17, 15) is 4.79 Å². The van der Waals surface area contributed by atoms with Crippen LogP contribution in [0.5, 0.6) is 0 Å². The SMILES string of the molecule is CC(C)[C@H](C)CC[C@@H](C)[C@H]1CC[C@H]2[C@@H]3CCC4=CCCC(=O)[C@]4(C)[C@H]3CC[C@]12C. The van der Waals surface area contributed by atoms with Crippen LogP contribution in [0.2, 0.25) is 0 Å². The number of Topliss-reactive ketones (excluding diaryl/α,β-unsaturated/α-hetero) is 1. The van der Waals surface area contributed by atoms with Crippen LogP contribution in [0.3, 0.4) is 0 Å². The fraction of sp³-hybridized carbons (Fsp3) is 0.893. The molecule has 3 saturated carbocycles. The van der Waals surface area contributed by atoms with Gasteiger partial charge in [0, 0.05) is 6.42 Å². The highest BCUT2D eigenvalue weighted by atomic mass is 16.1. The van der Waals surface area contributed by atoms with Crippen molar-refractivity contribution in [2.75, 3.05) is 0 Å². The average Bonchev–Trinajstić information content (AvgIpc) is 3.04. The third-order valence-corrected chi connectivity index (χ3v) is 10.9. The van der Waals surface area contributed by atoms with Crippen molar-refractivity contribution in [3.63, 3.8) is 0 Å². The number of carbonyl (C=O) groups excluding carboxylic acids is 1. The Balaban J connectivity index is 1.51. The van der Waals surface area contributed by atoms with Gasteiger partial charge in [-0.3, -0.25) is 4.79 Å². The lowest BCUT2D eigenvalue weighted by atomic mass is 9.46. The second kappa shape index (κ2) is 7.83. The Kier molecular flexibility index (Phi) is 5.84. The Labute approximate surface area is 180 Å². The van der Waals surface area contributed by atoms with Crippen molar-refractivity contribution in [3.05, 3.63) is 11.6 Å². The van der Waals surface area contributed by atoms with Gasteiger partial charge in [0.1, 0.15) is 5.78 Å². The molecule has 0 aromatic heterocycles. The van der Waals surface area contributed by atoms with Gasteiger partial charge in [-0.2, -0.15) is 0 Å². The van der Waals surface area contributed by atoms with Gasteiger partial charge in [-0.05, 0) is 98.7 Å². The number of allylic oxidation sites excluding steroid dienone is 2. The molecule has 0 spiro atoms. The van der Waals surface area contributed by atoms with Gasteiger partial charge in [0.15, 0.2) is 0 Å². The lowest BCUT2D eigenvalue weighted by molar-refractivity contribution is -0.137. The van der Waals surface area contributed by atoms with Gasteiger partial charge in [0.05, 0.1) is 5.41 Å². The Morgan fingerprint density at radius 3 is 2.45 bits per heavy atom. The largest absolute Gasteiger partial charge is 0.299 e. The lowest BCUT2D eigenvalue weighted by Gasteiger charge is -2.58. The zero-order valence-electron chi connectivity index (χ0n) is 20.1. The normalized spacial score (nSPS) is 44.0. The second-order valence-electron chi connectivity index (χ2n) is 12.3. The molecule has 0 saturated heterocycles. The Morgan fingerprint density at radius 2 is 1.72 bits per heavy atom. The summed E-state index contributed by atoms with van der Waals surface area (Å²) in [6.07, 6.45) is 15.1. The van der Waals surface area contributed by atoms with Gasteiger partial charge in [-0.15, -0.1) is 0 Å². The summed E-state index contributed by atoms with van der Waals surface area (Å²) in [5, 5.41) is 0. The maximum absolute atomic E-state index is 13.1. The summed E-state index contributed by atoms with van der Waals surface area (Å²) < 4.78 is 0. The molecule has 4 rings (SSSR count). The van der Waals surface area contributed by atoms with Crippen LogP contribution in [0, 0.1) is 52.3 Å². The molecule has 8 atom stereocenters. The van der Waals surface area contributed by atoms with E-state index < -0.39 is 0 Å². The molecule has 4 aliphatic rings. The van der Waals surface area contributed by atoms with E-state index in [-0.39, 0.29) is 5.41 Å². The molecule has 164 valence electrons. The number of fused-ring (bicyclic) bond motifs is 5. The van der Waals surface area contributed by atoms with Crippen molar-refractivity contribution in [1.29, 1.82) is 0 Å². The first-order chi connectivity index (χ1) is 13.7. The molecule has 0 bridgehead atoms. The molecule has 0 amide bonds. The molecule has 1 heteroatoms. The highest BCUT2D eigenvalue weighted by Gasteiger charge is 2.60. The van der Waals surface area contributed by atoms with E-state index in [1.165, 1.54) is 56.9 Å². The summed E-state index contributed by atoms with van der Waals surface area (Å²) >= 11 is 0. The van der Waals surface area contributed by atoms with Gasteiger partial charge < -0.3 is 0 Å². The van der Waals surface area contributed by atoms with Gasteiger partial charge in [-0.25, -0.2) is 0 Å². The fourth-order valence-corrected chi connectivity index (χ4v) is 8.60. The Morgan fingerprint density at radius 1 is 0.966 bits per heavy atom. The molecule has 4 aliphatic carbocycles. The first-order valence-corrected chi connectivity index (χ1v) is 12.9. The minimum atomic E-state index is -0.112. The molecule has 0 aliphatic heterocycles. The lowest BCUT2D eigenvalue weighted by Crippen LogP contribution is -2.53. The first-order valence-electron chi connectivity index (χ1n) is 12.9. The maximum atomic E-state index is 13.1. The van der Waals surface area contributed by atoms with E-state index in [4.69, 9.17) is 0 Å². The molecule has 0 aromatic carbocycles. The summed E-state index contributed by atoms with van der Waals surface area (Å²) in [5.74, 6) is 6.27. The number of hydrogen-bond acceptors (Lipinski definition) is 1. The van der Waals surface area contributed by atoms with Crippen molar-refractivity contribution in [3.8, 4) is 0 Å². The van der Waals surface area contributed by atoms with E-state index >= 15 is 0 Å². The standard InChI is InChI=1S/C28H46O/c1-18(2)19(3)10-11-20(4)23-14-15-24-22-13-12-21-8-7-9-26(29)28(21,6)25(22)16-17-27(23,24)5/h8,18-20,22-25H,7,9-17H2,1-6H3/t19-,20-,22+,23-,24+,25+,27-,28+/m1/s1. The summed E-state index contributed by atoms with van der Waals surface area (Å²) in [6, 6.07) is 0. The second-order valence-corrected chi connectivity index (χ2v) is 12.3. The van der Waals surface area contributed by atoms with Crippen LogP contribution in [0.15, 0.2) is 11.6 Å². The average molecular weight is 399 g/mol. The zero-order chi connectivity index (χ0) is 21.0. The number of rotatable bonds is 5. The minimum absolute atomic E-state index is 0.112. The first kappa shape index (κ1) is 21.6. The predicted octanol–water partition coefficient (Wildman–Crippen LogP) is 7.84. The molecule has 0 radical (unpaired) electrons. The number of ketones is 1. The van der Waals surface area contributed by atoms with Crippen molar-refractivity contribution in [1.82, 2.24) is 0 Å². The molecule has 0 aromatic rings. The van der Waals surface area contributed by atoms with E-state index in [1.807, 2.05) is 0 Å². The number of hydrogen-bond donors (Lipinski definition) is 0. The minimum Gasteiger partial charge on any atom is -0.299 e. The fourth-order valence-electron chi connectivity index (χ4n) is 8.60. The van der Waals surface area contributed by atoms with E-state index in [1.54, 1.807) is 0 Å². The van der Waals surface area contributed by atoms with Crippen LogP contribution in [0.4, 0.5) is 0 Å². The van der Waals surface area contributed by atoms with Gasteiger partial charge in [0.25, 0.3) is 0 Å². The molecule has 0 N–H and O–H groups in total. The van der Waals surface area contributed by atoms with Crippen LogP contribution in [-0.4, -0.2) is 5.78 Å². The highest BCUT2D eigenvalue weighted by Crippen LogP contribution is 2.67. The van der Waals surface area contributed by atoms with Crippen molar-refractivity contribution in [2.45, 2.75) is 106 Å². The summed E-state index contributed by atoms with van der Waals surface area (Å²) in [4.78, 5) is 13.1. The molecule has 29 heavy (non-hydrogen) atoms. The third kappa shape index (κ3) is 3.38. The maximum Gasteiger partial charge on any atom is 0.143 e. The van der Waals surface area contributed by atoms with Crippen LogP contribution < -0.4 is 0 Å². The molecule has 0 unspecified atom stereocenters. The molecular formula is C28H46O. The molecular weight excluding hydrogens is 352 g/mol. The van der Waals surface area contributed by atoms with Crippen molar-refractivity contribution in [2.24, 2.45) is 52.3 Å². The number of carbonyl (C=O) groups is 1. The zero-order valence-corrected chi connectivity index (χ0v) is 20.1. The van der Waals surface area contributed by atoms with Crippen LogP contribution >= 0.6 is 0 Å². The van der Waals surface area contributed by atoms with Gasteiger partial charge in [0.2, 0.25) is 0 Å². The van der Waals surface area contributed by atoms with Crippen molar-refractivity contribution < 1.29 is 4.79 Å². The topological polar surface area (TPSA) is 17.1 Å². The van der Waals surface area contributed by atoms with Gasteiger partial charge in [-0.1, -0.05) is 59.1 Å².